The van der Waals surface area contributed by atoms with Crippen LogP contribution in [0.15, 0.2) is 24.3 Å². The van der Waals surface area contributed by atoms with Gasteiger partial charge in [0, 0.05) is 31.0 Å². The molecule has 4 atom stereocenters. The first-order valence-electron chi connectivity index (χ1n) is 11.5. The predicted octanol–water partition coefficient (Wildman–Crippen LogP) is 3.35. The minimum absolute atomic E-state index is 0.0337. The van der Waals surface area contributed by atoms with Crippen LogP contribution in [0.4, 0.5) is 4.79 Å². The van der Waals surface area contributed by atoms with Crippen LogP contribution < -0.4 is 10.6 Å². The second kappa shape index (κ2) is 8.73. The first-order chi connectivity index (χ1) is 15.1. The van der Waals surface area contributed by atoms with Crippen LogP contribution >= 0.6 is 11.8 Å². The summed E-state index contributed by atoms with van der Waals surface area (Å²) in [5, 5.41) is 6.50. The maximum atomic E-state index is 13.1. The largest absolute Gasteiger partial charge is 0.333 e. The smallest absolute Gasteiger partial charge is 0.315 e. The van der Waals surface area contributed by atoms with Crippen molar-refractivity contribution in [1.29, 1.82) is 0 Å². The molecule has 3 aliphatic rings. The fourth-order valence-corrected chi connectivity index (χ4v) is 6.91. The van der Waals surface area contributed by atoms with Gasteiger partial charge >= 0.3 is 6.03 Å². The van der Waals surface area contributed by atoms with Gasteiger partial charge in [0.05, 0.1) is 29.2 Å². The Morgan fingerprint density at radius 1 is 1.23 bits per heavy atom. The van der Waals surface area contributed by atoms with Crippen molar-refractivity contribution in [2.24, 2.45) is 7.05 Å². The molecule has 0 spiro atoms. The molecule has 1 aromatic heterocycles. The Hall–Kier alpha value is -2.22. The summed E-state index contributed by atoms with van der Waals surface area (Å²) in [6, 6.07) is 8.74. The van der Waals surface area contributed by atoms with Crippen LogP contribution in [0.2, 0.25) is 0 Å². The summed E-state index contributed by atoms with van der Waals surface area (Å²) in [6.07, 6.45) is 6.76. The van der Waals surface area contributed by atoms with E-state index in [0.29, 0.717) is 11.7 Å². The molecule has 3 aliphatic heterocycles. The van der Waals surface area contributed by atoms with Crippen molar-refractivity contribution < 1.29 is 9.59 Å². The number of nitrogens with zero attached hydrogens (tertiary/aromatic N) is 3. The Morgan fingerprint density at radius 3 is 2.97 bits per heavy atom. The number of aromatic nitrogens is 2. The van der Waals surface area contributed by atoms with Gasteiger partial charge in [0.2, 0.25) is 5.91 Å². The van der Waals surface area contributed by atoms with E-state index >= 15 is 0 Å². The number of aryl methyl sites for hydroxylation is 1. The van der Waals surface area contributed by atoms with E-state index in [1.807, 2.05) is 30.0 Å². The molecule has 1 unspecified atom stereocenters. The highest BCUT2D eigenvalue weighted by Gasteiger charge is 2.42. The monoisotopic (exact) mass is 441 g/mol. The van der Waals surface area contributed by atoms with Crippen molar-refractivity contribution in [3.05, 3.63) is 30.1 Å². The predicted molar refractivity (Wildman–Crippen MR) is 123 cm³/mol. The molecule has 4 heterocycles. The van der Waals surface area contributed by atoms with E-state index in [2.05, 4.69) is 33.2 Å². The highest BCUT2D eigenvalue weighted by atomic mass is 32.2. The molecule has 7 nitrogen and oxygen atoms in total. The Labute approximate surface area is 187 Å². The molecule has 8 heteroatoms. The van der Waals surface area contributed by atoms with Crippen LogP contribution in [0.3, 0.4) is 0 Å². The summed E-state index contributed by atoms with van der Waals surface area (Å²) >= 11 is 1.94. The lowest BCUT2D eigenvalue weighted by Gasteiger charge is -2.35. The lowest BCUT2D eigenvalue weighted by Crippen LogP contribution is -2.39. The molecule has 0 radical (unpaired) electrons. The van der Waals surface area contributed by atoms with Gasteiger partial charge in [-0.1, -0.05) is 18.6 Å². The van der Waals surface area contributed by atoms with Gasteiger partial charge in [0.15, 0.2) is 0 Å². The van der Waals surface area contributed by atoms with Crippen molar-refractivity contribution >= 4 is 34.7 Å². The normalized spacial score (nSPS) is 27.9. The number of carbonyl (C=O) groups is 2. The minimum Gasteiger partial charge on any atom is -0.333 e. The van der Waals surface area contributed by atoms with Crippen LogP contribution in [-0.2, 0) is 11.8 Å². The summed E-state index contributed by atoms with van der Waals surface area (Å²) < 4.78 is 2.16. The third kappa shape index (κ3) is 4.02. The van der Waals surface area contributed by atoms with E-state index in [9.17, 15) is 9.59 Å². The molecule has 2 N–H and O–H groups in total. The molecule has 3 amide bonds. The molecule has 166 valence electrons. The van der Waals surface area contributed by atoms with Gasteiger partial charge in [0.25, 0.3) is 0 Å². The summed E-state index contributed by atoms with van der Waals surface area (Å²) in [4.78, 5) is 31.6. The average molecular weight is 442 g/mol. The van der Waals surface area contributed by atoms with Gasteiger partial charge < -0.3 is 20.1 Å². The van der Waals surface area contributed by atoms with Crippen molar-refractivity contribution in [2.45, 2.75) is 68.3 Å². The third-order valence-electron chi connectivity index (χ3n) is 7.01. The Bertz CT molecular complexity index is 976. The number of para-hydroxylation sites is 2. The zero-order valence-electron chi connectivity index (χ0n) is 18.0. The van der Waals surface area contributed by atoms with E-state index in [0.717, 1.165) is 67.7 Å². The topological polar surface area (TPSA) is 79.3 Å². The molecule has 0 aliphatic carbocycles. The molecule has 31 heavy (non-hydrogen) atoms. The Morgan fingerprint density at radius 2 is 2.10 bits per heavy atom. The second-order valence-electron chi connectivity index (χ2n) is 8.98. The van der Waals surface area contributed by atoms with Crippen molar-refractivity contribution in [1.82, 2.24) is 25.1 Å². The van der Waals surface area contributed by atoms with Gasteiger partial charge in [-0.15, -0.1) is 0 Å². The van der Waals surface area contributed by atoms with E-state index in [1.165, 1.54) is 0 Å². The number of likely N-dealkylation sites (tertiary alicyclic amines) is 1. The zero-order chi connectivity index (χ0) is 21.4. The molecular weight excluding hydrogens is 410 g/mol. The molecule has 0 saturated carbocycles. The molecular formula is C23H31N5O2S. The molecule has 5 rings (SSSR count). The van der Waals surface area contributed by atoms with Gasteiger partial charge in [-0.05, 0) is 44.2 Å². The van der Waals surface area contributed by atoms with Crippen molar-refractivity contribution in [3.8, 4) is 0 Å². The maximum Gasteiger partial charge on any atom is 0.315 e. The fraction of sp³-hybridized carbons (Fsp3) is 0.609. The molecule has 3 saturated heterocycles. The summed E-state index contributed by atoms with van der Waals surface area (Å²) in [5.41, 5.74) is 2.12. The number of thioether (sulfide) groups is 1. The first kappa shape index (κ1) is 20.7. The molecule has 0 bridgehead atoms. The first-order valence-corrected chi connectivity index (χ1v) is 12.6. The number of urea groups is 1. The quantitative estimate of drug-likeness (QED) is 0.532. The fourth-order valence-electron chi connectivity index (χ4n) is 5.37. The number of rotatable bonds is 6. The van der Waals surface area contributed by atoms with E-state index in [4.69, 9.17) is 4.98 Å². The Kier molecular flexibility index (Phi) is 5.82. The van der Waals surface area contributed by atoms with Crippen molar-refractivity contribution in [3.63, 3.8) is 0 Å². The second-order valence-corrected chi connectivity index (χ2v) is 10.3. The summed E-state index contributed by atoms with van der Waals surface area (Å²) in [7, 11) is 2.06. The Balaban J connectivity index is 1.18. The number of amides is 3. The average Bonchev–Trinajstić information content (AvgIpc) is 3.44. The molecule has 1 aromatic carbocycles. The lowest BCUT2D eigenvalue weighted by atomic mass is 9.99. The lowest BCUT2D eigenvalue weighted by molar-refractivity contribution is -0.135. The van der Waals surface area contributed by atoms with Crippen LogP contribution in [0.1, 0.15) is 56.8 Å². The minimum atomic E-state index is -0.0337. The number of imidazole rings is 1. The third-order valence-corrected chi connectivity index (χ3v) is 8.52. The van der Waals surface area contributed by atoms with Crippen LogP contribution in [-0.4, -0.2) is 56.0 Å². The van der Waals surface area contributed by atoms with Gasteiger partial charge in [-0.2, -0.15) is 11.8 Å². The highest BCUT2D eigenvalue weighted by molar-refractivity contribution is 8.00. The van der Waals surface area contributed by atoms with E-state index < -0.39 is 0 Å². The van der Waals surface area contributed by atoms with Crippen LogP contribution in [0.25, 0.3) is 11.0 Å². The zero-order valence-corrected chi connectivity index (χ0v) is 18.9. The van der Waals surface area contributed by atoms with Gasteiger partial charge in [0.1, 0.15) is 5.82 Å². The van der Waals surface area contributed by atoms with Crippen LogP contribution in [0, 0.1) is 0 Å². The number of nitrogens with one attached hydrogen (secondary N) is 2. The van der Waals surface area contributed by atoms with Crippen molar-refractivity contribution in [2.75, 3.05) is 12.3 Å². The van der Waals surface area contributed by atoms with Crippen LogP contribution in [0.5, 0.6) is 0 Å². The number of fused-ring (bicyclic) bond motifs is 2. The standard InChI is InChI=1S/C23H31N5O2S/c1-27-17-9-3-2-8-15(17)24-22(27)18-10-6-7-13-28(18)20(29)12-5-4-11-19-21-16(14-31-19)25-23(30)26-21/h2-3,8-9,16,18-19,21H,4-7,10-14H2,1H3,(H2,25,26,30)/t16-,18?,19-,21-/m0/s1. The van der Waals surface area contributed by atoms with Gasteiger partial charge in [-0.3, -0.25) is 4.79 Å². The summed E-state index contributed by atoms with van der Waals surface area (Å²) in [6.45, 7) is 0.826. The SMILES string of the molecule is Cn1c(C2CCCCN2C(=O)CCCC[C@@H]2SC[C@@H]3NC(=O)N[C@@H]32)nc2ccccc21. The highest BCUT2D eigenvalue weighted by Crippen LogP contribution is 2.34. The van der Waals surface area contributed by atoms with E-state index in [-0.39, 0.29) is 30.1 Å². The number of piperidine rings is 1. The number of unbranched alkanes of at least 4 members (excludes halogenated alkanes) is 1. The molecule has 3 fully saturated rings. The molecule has 2 aromatic rings. The maximum absolute atomic E-state index is 13.1. The van der Waals surface area contributed by atoms with Gasteiger partial charge in [-0.25, -0.2) is 9.78 Å². The summed E-state index contributed by atoms with van der Waals surface area (Å²) in [5.74, 6) is 2.25. The number of hydrogen-bond donors (Lipinski definition) is 2. The number of carbonyl (C=O) groups excluding carboxylic acids is 2. The van der Waals surface area contributed by atoms with E-state index in [1.54, 1.807) is 0 Å². The number of hydrogen-bond acceptors (Lipinski definition) is 4. The number of benzene rings is 1.